The van der Waals surface area contributed by atoms with Crippen LogP contribution < -0.4 is 11.1 Å². The van der Waals surface area contributed by atoms with Crippen molar-refractivity contribution < 1.29 is 9.18 Å². The summed E-state index contributed by atoms with van der Waals surface area (Å²) in [7, 11) is 0. The van der Waals surface area contributed by atoms with Gasteiger partial charge in [-0.25, -0.2) is 4.39 Å². The lowest BCUT2D eigenvalue weighted by atomic mass is 10.1. The van der Waals surface area contributed by atoms with E-state index in [1.54, 1.807) is 19.1 Å². The van der Waals surface area contributed by atoms with Gasteiger partial charge in [-0.05, 0) is 58.7 Å². The van der Waals surface area contributed by atoms with Gasteiger partial charge in [-0.15, -0.1) is 0 Å². The number of anilines is 2. The second kappa shape index (κ2) is 5.93. The van der Waals surface area contributed by atoms with Crippen LogP contribution in [0.5, 0.6) is 0 Å². The molecular formula is C14H11Br2FN2O. The molecule has 1 amide bonds. The van der Waals surface area contributed by atoms with E-state index in [9.17, 15) is 9.18 Å². The predicted octanol–water partition coefficient (Wildman–Crippen LogP) is 4.49. The van der Waals surface area contributed by atoms with Crippen LogP contribution in [0, 0.1) is 12.7 Å². The van der Waals surface area contributed by atoms with Crippen molar-refractivity contribution in [3.05, 3.63) is 56.2 Å². The van der Waals surface area contributed by atoms with Crippen LogP contribution in [0.1, 0.15) is 15.9 Å². The molecule has 104 valence electrons. The zero-order valence-electron chi connectivity index (χ0n) is 10.5. The lowest BCUT2D eigenvalue weighted by Crippen LogP contribution is -2.15. The molecule has 2 rings (SSSR count). The fourth-order valence-corrected chi connectivity index (χ4v) is 2.45. The van der Waals surface area contributed by atoms with E-state index in [2.05, 4.69) is 37.2 Å². The SMILES string of the molecule is Cc1cc(N)cc(C(=O)Nc2cc(Br)ccc2Br)c1F. The molecule has 0 aliphatic heterocycles. The zero-order valence-corrected chi connectivity index (χ0v) is 13.7. The number of hydrogen-bond donors (Lipinski definition) is 2. The molecule has 6 heteroatoms. The maximum Gasteiger partial charge on any atom is 0.258 e. The number of benzene rings is 2. The number of hydrogen-bond acceptors (Lipinski definition) is 2. The number of nitrogen functional groups attached to an aromatic ring is 1. The quantitative estimate of drug-likeness (QED) is 0.728. The maximum atomic E-state index is 14.0. The number of aryl methyl sites for hydroxylation is 1. The number of nitrogens with one attached hydrogen (secondary N) is 1. The molecular weight excluding hydrogens is 391 g/mol. The number of amides is 1. The van der Waals surface area contributed by atoms with Crippen molar-refractivity contribution in [2.75, 3.05) is 11.1 Å². The first-order valence-electron chi connectivity index (χ1n) is 5.70. The van der Waals surface area contributed by atoms with Crippen molar-refractivity contribution in [1.29, 1.82) is 0 Å². The van der Waals surface area contributed by atoms with Crippen LogP contribution in [0.15, 0.2) is 39.3 Å². The summed E-state index contributed by atoms with van der Waals surface area (Å²) in [4.78, 5) is 12.2. The van der Waals surface area contributed by atoms with Gasteiger partial charge in [0.2, 0.25) is 0 Å². The van der Waals surface area contributed by atoms with Crippen LogP contribution in [0.2, 0.25) is 0 Å². The monoisotopic (exact) mass is 400 g/mol. The zero-order chi connectivity index (χ0) is 14.9. The van der Waals surface area contributed by atoms with Crippen molar-refractivity contribution in [2.24, 2.45) is 0 Å². The van der Waals surface area contributed by atoms with Crippen molar-refractivity contribution in [3.8, 4) is 0 Å². The smallest absolute Gasteiger partial charge is 0.258 e. The standard InChI is InChI=1S/C14H11Br2FN2O/c1-7-4-9(18)6-10(13(7)17)14(20)19-12-5-8(15)2-3-11(12)16/h2-6H,18H2,1H3,(H,19,20). The van der Waals surface area contributed by atoms with Gasteiger partial charge < -0.3 is 11.1 Å². The molecule has 0 heterocycles. The van der Waals surface area contributed by atoms with Crippen molar-refractivity contribution in [2.45, 2.75) is 6.92 Å². The van der Waals surface area contributed by atoms with E-state index >= 15 is 0 Å². The maximum absolute atomic E-state index is 14.0. The molecule has 0 saturated carbocycles. The summed E-state index contributed by atoms with van der Waals surface area (Å²) in [6.07, 6.45) is 0. The van der Waals surface area contributed by atoms with Crippen molar-refractivity contribution in [1.82, 2.24) is 0 Å². The first kappa shape index (κ1) is 15.0. The van der Waals surface area contributed by atoms with Crippen molar-refractivity contribution in [3.63, 3.8) is 0 Å². The Labute approximate surface area is 132 Å². The van der Waals surface area contributed by atoms with Gasteiger partial charge in [0.15, 0.2) is 0 Å². The summed E-state index contributed by atoms with van der Waals surface area (Å²) >= 11 is 6.64. The van der Waals surface area contributed by atoms with Crippen molar-refractivity contribution >= 4 is 49.1 Å². The van der Waals surface area contributed by atoms with Crippen LogP contribution >= 0.6 is 31.9 Å². The van der Waals surface area contributed by atoms with Crippen LogP contribution in [0.3, 0.4) is 0 Å². The Hall–Kier alpha value is -1.40. The Morgan fingerprint density at radius 2 is 1.95 bits per heavy atom. The Kier molecular flexibility index (Phi) is 4.45. The van der Waals surface area contributed by atoms with E-state index in [0.717, 1.165) is 4.47 Å². The minimum Gasteiger partial charge on any atom is -0.399 e. The summed E-state index contributed by atoms with van der Waals surface area (Å²) in [5.41, 5.74) is 6.81. The summed E-state index contributed by atoms with van der Waals surface area (Å²) in [6.45, 7) is 1.57. The van der Waals surface area contributed by atoms with Gasteiger partial charge in [0.25, 0.3) is 5.91 Å². The first-order chi connectivity index (χ1) is 9.38. The van der Waals surface area contributed by atoms with Gasteiger partial charge in [0.1, 0.15) is 5.82 Å². The van der Waals surface area contributed by atoms with Gasteiger partial charge in [-0.3, -0.25) is 4.79 Å². The van der Waals surface area contributed by atoms with Gasteiger partial charge in [0, 0.05) is 14.6 Å². The average molecular weight is 402 g/mol. The van der Waals surface area contributed by atoms with E-state index in [1.165, 1.54) is 12.1 Å². The topological polar surface area (TPSA) is 55.1 Å². The third kappa shape index (κ3) is 3.19. The average Bonchev–Trinajstić information content (AvgIpc) is 2.38. The highest BCUT2D eigenvalue weighted by Gasteiger charge is 2.16. The normalized spacial score (nSPS) is 10.4. The molecule has 0 bridgehead atoms. The molecule has 0 unspecified atom stereocenters. The number of carbonyl (C=O) groups excluding carboxylic acids is 1. The first-order valence-corrected chi connectivity index (χ1v) is 7.29. The summed E-state index contributed by atoms with van der Waals surface area (Å²) < 4.78 is 15.5. The second-order valence-corrected chi connectivity index (χ2v) is 6.05. The molecule has 3 nitrogen and oxygen atoms in total. The Morgan fingerprint density at radius 1 is 1.25 bits per heavy atom. The molecule has 20 heavy (non-hydrogen) atoms. The Balaban J connectivity index is 2.35. The summed E-state index contributed by atoms with van der Waals surface area (Å²) in [6, 6.07) is 8.13. The minimum absolute atomic E-state index is 0.0747. The van der Waals surface area contributed by atoms with Crippen LogP contribution in [0.25, 0.3) is 0 Å². The Bertz CT molecular complexity index is 689. The fourth-order valence-electron chi connectivity index (χ4n) is 1.75. The molecule has 0 radical (unpaired) electrons. The molecule has 3 N–H and O–H groups in total. The lowest BCUT2D eigenvalue weighted by Gasteiger charge is -2.10. The number of nitrogens with two attached hydrogens (primary N) is 1. The summed E-state index contributed by atoms with van der Waals surface area (Å²) in [5.74, 6) is -1.11. The highest BCUT2D eigenvalue weighted by Crippen LogP contribution is 2.27. The molecule has 0 spiro atoms. The molecule has 0 aromatic heterocycles. The number of carbonyl (C=O) groups is 1. The second-order valence-electron chi connectivity index (χ2n) is 4.28. The minimum atomic E-state index is -0.567. The van der Waals surface area contributed by atoms with Crippen LogP contribution in [-0.4, -0.2) is 5.91 Å². The van der Waals surface area contributed by atoms with Gasteiger partial charge >= 0.3 is 0 Å². The molecule has 0 aliphatic rings. The molecule has 0 fully saturated rings. The highest BCUT2D eigenvalue weighted by atomic mass is 79.9. The molecule has 0 aliphatic carbocycles. The number of rotatable bonds is 2. The van der Waals surface area contributed by atoms with E-state index in [0.29, 0.717) is 21.4 Å². The molecule has 0 saturated heterocycles. The third-order valence-corrected chi connectivity index (χ3v) is 3.88. The van der Waals surface area contributed by atoms with Gasteiger partial charge in [-0.1, -0.05) is 15.9 Å². The van der Waals surface area contributed by atoms with Gasteiger partial charge in [-0.2, -0.15) is 0 Å². The highest BCUT2D eigenvalue weighted by molar-refractivity contribution is 9.11. The molecule has 2 aromatic carbocycles. The van der Waals surface area contributed by atoms with E-state index < -0.39 is 11.7 Å². The van der Waals surface area contributed by atoms with Gasteiger partial charge in [0.05, 0.1) is 11.3 Å². The predicted molar refractivity (Wildman–Crippen MR) is 85.3 cm³/mol. The number of halogens is 3. The van der Waals surface area contributed by atoms with E-state index in [1.807, 2.05) is 6.07 Å². The molecule has 2 aromatic rings. The Morgan fingerprint density at radius 3 is 2.65 bits per heavy atom. The fraction of sp³-hybridized carbons (Fsp3) is 0.0714. The van der Waals surface area contributed by atoms with E-state index in [-0.39, 0.29) is 5.56 Å². The lowest BCUT2D eigenvalue weighted by molar-refractivity contribution is 0.102. The molecule has 0 atom stereocenters. The van der Waals surface area contributed by atoms with Crippen LogP contribution in [0.4, 0.5) is 15.8 Å². The summed E-state index contributed by atoms with van der Waals surface area (Å²) in [5, 5.41) is 2.65. The van der Waals surface area contributed by atoms with Crippen LogP contribution in [-0.2, 0) is 0 Å². The largest absolute Gasteiger partial charge is 0.399 e. The van der Waals surface area contributed by atoms with E-state index in [4.69, 9.17) is 5.73 Å². The third-order valence-electron chi connectivity index (χ3n) is 2.70.